The molecule has 6 atom stereocenters. The summed E-state index contributed by atoms with van der Waals surface area (Å²) >= 11 is 0. The van der Waals surface area contributed by atoms with Crippen LogP contribution in [0.1, 0.15) is 58.2 Å². The van der Waals surface area contributed by atoms with Crippen molar-refractivity contribution in [2.75, 3.05) is 12.3 Å². The number of nitrogens with one attached hydrogen (secondary N) is 1. The minimum absolute atomic E-state index is 0.0729. The number of hydrogen-bond acceptors (Lipinski definition) is 14. The van der Waals surface area contributed by atoms with Crippen molar-refractivity contribution in [3.8, 4) is 11.8 Å². The number of rotatable bonds is 16. The monoisotopic (exact) mass is 788 g/mol. The molecule has 1 aliphatic carbocycles. The highest BCUT2D eigenvalue weighted by Crippen LogP contribution is 2.49. The average molecular weight is 789 g/mol. The molecule has 17 heteroatoms. The number of nitrogens with zero attached hydrogens (tertiary/aromatic N) is 4. The molecule has 6 rings (SSSR count). The molecular weight excluding hydrogens is 743 g/mol. The smallest absolute Gasteiger partial charge is 0.459 e. The highest BCUT2D eigenvalue weighted by Gasteiger charge is 2.63. The number of nitriles is 1. The Hall–Kier alpha value is -5.33. The normalized spacial score (nSPS) is 22.5. The predicted molar refractivity (Wildman–Crippen MR) is 200 cm³/mol. The van der Waals surface area contributed by atoms with Crippen LogP contribution in [-0.4, -0.2) is 69.6 Å². The van der Waals surface area contributed by atoms with E-state index in [-0.39, 0.29) is 29.8 Å². The second-order valence-electron chi connectivity index (χ2n) is 14.3. The molecular formula is C39H45N6O10P. The van der Waals surface area contributed by atoms with E-state index in [4.69, 9.17) is 33.7 Å². The van der Waals surface area contributed by atoms with Crippen LogP contribution in [0.15, 0.2) is 79.1 Å². The Labute approximate surface area is 324 Å². The number of nitrogens with two attached hydrogens (primary N) is 1. The Bertz CT molecular complexity index is 2110. The number of ether oxygens (including phenoxy) is 4. The molecule has 1 saturated heterocycles. The first-order valence-electron chi connectivity index (χ1n) is 18.4. The Morgan fingerprint density at radius 1 is 0.964 bits per heavy atom. The molecule has 2 fully saturated rings. The van der Waals surface area contributed by atoms with E-state index in [1.54, 1.807) is 64.1 Å². The number of hydrogen-bond donors (Lipinski definition) is 2. The highest BCUT2D eigenvalue weighted by molar-refractivity contribution is 7.52. The van der Waals surface area contributed by atoms with Crippen LogP contribution < -0.4 is 15.3 Å². The SMILES string of the molecule is CC(C)C(=O)O[C@H]1[C@@H](OC(=O)C(C)C)[C@](C#N)(c2ccc3c(N)ncnn23)O[C@@H]1CO[P@](=O)(N[C@@H](Cc1ccccc1)C(=O)OC1CCC1)Oc1ccccc1. The van der Waals surface area contributed by atoms with Crippen molar-refractivity contribution in [2.45, 2.75) is 89.4 Å². The number of fused-ring (bicyclic) bond motifs is 1. The second kappa shape index (κ2) is 17.2. The molecule has 0 unspecified atom stereocenters. The van der Waals surface area contributed by atoms with Crippen LogP contribution in [0, 0.1) is 23.2 Å². The Balaban J connectivity index is 1.39. The van der Waals surface area contributed by atoms with Crippen molar-refractivity contribution in [3.63, 3.8) is 0 Å². The van der Waals surface area contributed by atoms with E-state index in [1.165, 1.54) is 16.9 Å². The molecule has 0 bridgehead atoms. The Morgan fingerprint density at radius 2 is 1.62 bits per heavy atom. The molecule has 0 spiro atoms. The van der Waals surface area contributed by atoms with E-state index in [1.807, 2.05) is 30.3 Å². The van der Waals surface area contributed by atoms with Gasteiger partial charge in [-0.1, -0.05) is 76.2 Å². The van der Waals surface area contributed by atoms with E-state index >= 15 is 0 Å². The van der Waals surface area contributed by atoms with Gasteiger partial charge in [0.15, 0.2) is 18.0 Å². The summed E-state index contributed by atoms with van der Waals surface area (Å²) < 4.78 is 52.5. The quantitative estimate of drug-likeness (QED) is 0.0862. The first-order chi connectivity index (χ1) is 26.8. The Morgan fingerprint density at radius 3 is 2.25 bits per heavy atom. The number of aromatic nitrogens is 3. The van der Waals surface area contributed by atoms with Gasteiger partial charge in [-0.2, -0.15) is 15.4 Å². The number of carbonyl (C=O) groups excluding carboxylic acids is 3. The van der Waals surface area contributed by atoms with Gasteiger partial charge in [0.25, 0.3) is 0 Å². The van der Waals surface area contributed by atoms with Crippen LogP contribution in [0.4, 0.5) is 5.82 Å². The first-order valence-corrected chi connectivity index (χ1v) is 20.0. The summed E-state index contributed by atoms with van der Waals surface area (Å²) in [7, 11) is -4.58. The summed E-state index contributed by atoms with van der Waals surface area (Å²) in [6.07, 6.45) is -1.13. The van der Waals surface area contributed by atoms with Gasteiger partial charge in [0.2, 0.25) is 5.60 Å². The zero-order chi connectivity index (χ0) is 40.0. The maximum Gasteiger partial charge on any atom is 0.459 e. The second-order valence-corrected chi connectivity index (χ2v) is 16.0. The highest BCUT2D eigenvalue weighted by atomic mass is 31.2. The number of nitrogen functional groups attached to an aromatic ring is 1. The van der Waals surface area contributed by atoms with Gasteiger partial charge in [0.05, 0.1) is 24.1 Å². The van der Waals surface area contributed by atoms with Crippen LogP contribution in [0.5, 0.6) is 5.75 Å². The van der Waals surface area contributed by atoms with Crippen LogP contribution in [0.2, 0.25) is 0 Å². The van der Waals surface area contributed by atoms with E-state index in [0.717, 1.165) is 12.0 Å². The van der Waals surface area contributed by atoms with Gasteiger partial charge < -0.3 is 29.2 Å². The zero-order valence-corrected chi connectivity index (χ0v) is 32.4. The van der Waals surface area contributed by atoms with Gasteiger partial charge >= 0.3 is 25.7 Å². The van der Waals surface area contributed by atoms with Gasteiger partial charge in [-0.3, -0.25) is 18.9 Å². The van der Waals surface area contributed by atoms with E-state index in [2.05, 4.69) is 21.2 Å². The summed E-state index contributed by atoms with van der Waals surface area (Å²) in [5.74, 6) is -3.11. The summed E-state index contributed by atoms with van der Waals surface area (Å²) in [6.45, 7) is 5.78. The molecule has 1 aliphatic heterocycles. The van der Waals surface area contributed by atoms with Crippen LogP contribution in [-0.2, 0) is 54.4 Å². The van der Waals surface area contributed by atoms with Crippen LogP contribution in [0.3, 0.4) is 0 Å². The lowest BCUT2D eigenvalue weighted by atomic mass is 9.92. The first kappa shape index (κ1) is 40.3. The molecule has 0 amide bonds. The molecule has 16 nitrogen and oxygen atoms in total. The molecule has 56 heavy (non-hydrogen) atoms. The lowest BCUT2D eigenvalue weighted by Crippen LogP contribution is -2.47. The number of para-hydroxylation sites is 1. The fourth-order valence-electron chi connectivity index (χ4n) is 6.17. The van der Waals surface area contributed by atoms with Gasteiger partial charge in [-0.05, 0) is 55.5 Å². The zero-order valence-electron chi connectivity index (χ0n) is 31.5. The lowest BCUT2D eigenvalue weighted by Gasteiger charge is -2.30. The van der Waals surface area contributed by atoms with Crippen molar-refractivity contribution in [2.24, 2.45) is 11.8 Å². The summed E-state index contributed by atoms with van der Waals surface area (Å²) in [5.41, 5.74) is 5.10. The van der Waals surface area contributed by atoms with Gasteiger partial charge in [0.1, 0.15) is 41.9 Å². The fourth-order valence-corrected chi connectivity index (χ4v) is 7.67. The Kier molecular flexibility index (Phi) is 12.4. The molecule has 2 aliphatic rings. The van der Waals surface area contributed by atoms with Crippen LogP contribution >= 0.6 is 7.75 Å². The van der Waals surface area contributed by atoms with E-state index in [0.29, 0.717) is 18.4 Å². The van der Waals surface area contributed by atoms with Crippen molar-refractivity contribution in [1.29, 1.82) is 5.26 Å². The lowest BCUT2D eigenvalue weighted by molar-refractivity contribution is -0.173. The molecule has 1 saturated carbocycles. The largest absolute Gasteiger partial charge is 0.461 e. The van der Waals surface area contributed by atoms with Crippen molar-refractivity contribution in [3.05, 3.63) is 90.4 Å². The number of carbonyl (C=O) groups is 3. The van der Waals surface area contributed by atoms with Gasteiger partial charge in [-0.15, -0.1) is 0 Å². The minimum atomic E-state index is -4.58. The number of esters is 3. The van der Waals surface area contributed by atoms with Gasteiger partial charge in [-0.25, -0.2) is 14.1 Å². The minimum Gasteiger partial charge on any atom is -0.461 e. The molecule has 2 aromatic heterocycles. The number of anilines is 1. The average Bonchev–Trinajstić information content (AvgIpc) is 3.73. The molecule has 296 valence electrons. The topological polar surface area (TPSA) is 216 Å². The third kappa shape index (κ3) is 8.87. The van der Waals surface area contributed by atoms with Crippen molar-refractivity contribution >= 4 is 37.0 Å². The summed E-state index contributed by atoms with van der Waals surface area (Å²) in [4.78, 5) is 44.2. The van der Waals surface area contributed by atoms with Crippen molar-refractivity contribution in [1.82, 2.24) is 19.7 Å². The van der Waals surface area contributed by atoms with Gasteiger partial charge in [0, 0.05) is 0 Å². The maximum absolute atomic E-state index is 15.0. The van der Waals surface area contributed by atoms with Crippen LogP contribution in [0.25, 0.3) is 5.52 Å². The molecule has 3 N–H and O–H groups in total. The number of benzene rings is 2. The molecule has 2 aromatic carbocycles. The third-order valence-electron chi connectivity index (χ3n) is 9.46. The van der Waals surface area contributed by atoms with E-state index in [9.17, 15) is 24.2 Å². The van der Waals surface area contributed by atoms with Crippen molar-refractivity contribution < 1.29 is 46.9 Å². The molecule has 3 heterocycles. The molecule has 4 aromatic rings. The summed E-state index contributed by atoms with van der Waals surface area (Å²) in [5, 5.41) is 18.1. The van der Waals surface area contributed by atoms with E-state index < -0.39 is 74.1 Å². The molecule has 0 radical (unpaired) electrons. The maximum atomic E-state index is 15.0. The fraction of sp³-hybridized carbons (Fsp3) is 0.436. The predicted octanol–water partition coefficient (Wildman–Crippen LogP) is 5.07. The standard InChI is InChI=1S/C39H45N6O10P/c1-24(2)36(46)52-33-31(54-39(22-40,34(33)53-37(47)25(3)4)32-19-18-30-35(41)42-23-43-45(30)32)21-50-56(49,55-28-14-9-6-10-15-28)44-29(20-26-12-7-5-8-13-26)38(48)51-27-16-11-17-27/h5-10,12-15,18-19,23-25,27,29,31,33-34H,11,16-17,20-21H2,1-4H3,(H,44,49)(H2,41,42,43)/t29-,31+,33+,34+,39-,56+/m0/s1. The third-order valence-corrected chi connectivity index (χ3v) is 11.0. The summed E-state index contributed by atoms with van der Waals surface area (Å²) in [6, 6.07) is 21.3.